The van der Waals surface area contributed by atoms with Crippen LogP contribution in [0.4, 0.5) is 11.6 Å². The molecule has 1 saturated carbocycles. The average molecular weight is 526 g/mol. The summed E-state index contributed by atoms with van der Waals surface area (Å²) in [6, 6.07) is 12.2. The quantitative estimate of drug-likeness (QED) is 0.371. The van der Waals surface area contributed by atoms with Crippen molar-refractivity contribution in [2.24, 2.45) is 0 Å². The monoisotopic (exact) mass is 525 g/mol. The summed E-state index contributed by atoms with van der Waals surface area (Å²) in [6.45, 7) is 8.13. The van der Waals surface area contributed by atoms with Gasteiger partial charge in [0.05, 0.1) is 18.8 Å². The Balaban J connectivity index is 1.42. The van der Waals surface area contributed by atoms with E-state index in [0.717, 1.165) is 24.3 Å². The number of anilines is 2. The van der Waals surface area contributed by atoms with Crippen LogP contribution in [0.15, 0.2) is 59.5 Å². The first-order chi connectivity index (χ1) is 18.8. The molecule has 0 radical (unpaired) electrons. The topological polar surface area (TPSA) is 98.9 Å². The zero-order valence-electron chi connectivity index (χ0n) is 23.0. The van der Waals surface area contributed by atoms with E-state index >= 15 is 0 Å². The Bertz CT molecular complexity index is 1630. The van der Waals surface area contributed by atoms with Crippen molar-refractivity contribution in [3.8, 4) is 5.82 Å². The molecular formula is C30H35N7O2. The van der Waals surface area contributed by atoms with E-state index < -0.39 is 5.60 Å². The van der Waals surface area contributed by atoms with Crippen molar-refractivity contribution >= 4 is 22.7 Å². The molecule has 6 rings (SSSR count). The molecule has 0 atom stereocenters. The third kappa shape index (κ3) is 4.66. The molecule has 0 saturated heterocycles. The van der Waals surface area contributed by atoms with Gasteiger partial charge in [0.1, 0.15) is 11.0 Å². The number of allylic oxidation sites excluding steroid dienone is 1. The number of hydrogen-bond donors (Lipinski definition) is 2. The van der Waals surface area contributed by atoms with Crippen molar-refractivity contribution in [1.82, 2.24) is 29.6 Å². The Morgan fingerprint density at radius 3 is 2.72 bits per heavy atom. The Morgan fingerprint density at radius 1 is 1.10 bits per heavy atom. The standard InChI is InChI=1S/C30H35N7O2/c1-20-17-21(11-12-23(20)30(13-14-30)19-31-4)33-28-32-18-22-26(35-28)37-25-10-8-9-24(34-25)29(2,3)39-16-7-5-6-15-36(37)27(22)38/h5-6,8-12,17-18,31H,7,13-16,19H2,1-4H3,(H,32,33,35)/b6-5-. The molecule has 4 aromatic rings. The van der Waals surface area contributed by atoms with E-state index in [-0.39, 0.29) is 11.0 Å². The van der Waals surface area contributed by atoms with Gasteiger partial charge in [0.15, 0.2) is 11.5 Å². The SMILES string of the molecule is CNCC1(c2ccc(Nc3ncc4c(=O)n5n(c4n3)-c3cccc(n3)C(C)(C)OCC/C=C\C5)cc2C)CC1. The summed E-state index contributed by atoms with van der Waals surface area (Å²) in [5.74, 6) is 1.03. The van der Waals surface area contributed by atoms with Crippen LogP contribution in [-0.2, 0) is 22.3 Å². The lowest BCUT2D eigenvalue weighted by atomic mass is 9.91. The van der Waals surface area contributed by atoms with E-state index in [1.54, 1.807) is 15.6 Å². The number of rotatable bonds is 5. The maximum Gasteiger partial charge on any atom is 0.278 e. The zero-order valence-corrected chi connectivity index (χ0v) is 23.0. The lowest BCUT2D eigenvalue weighted by Gasteiger charge is -2.25. The molecule has 202 valence electrons. The van der Waals surface area contributed by atoms with Gasteiger partial charge in [-0.1, -0.05) is 24.3 Å². The number of aryl methyl sites for hydroxylation is 1. The summed E-state index contributed by atoms with van der Waals surface area (Å²) >= 11 is 0. The molecule has 0 unspecified atom stereocenters. The van der Waals surface area contributed by atoms with E-state index in [2.05, 4.69) is 40.7 Å². The van der Waals surface area contributed by atoms with Crippen molar-refractivity contribution in [2.45, 2.75) is 57.6 Å². The van der Waals surface area contributed by atoms with Gasteiger partial charge in [-0.05, 0) is 82.5 Å². The number of ether oxygens (including phenoxy) is 1. The molecule has 9 nitrogen and oxygen atoms in total. The summed E-state index contributed by atoms with van der Waals surface area (Å²) < 4.78 is 9.59. The van der Waals surface area contributed by atoms with Crippen LogP contribution >= 0.6 is 0 Å². The van der Waals surface area contributed by atoms with Crippen LogP contribution in [0.25, 0.3) is 16.9 Å². The summed E-state index contributed by atoms with van der Waals surface area (Å²) in [6.07, 6.45) is 8.80. The van der Waals surface area contributed by atoms with Crippen molar-refractivity contribution in [3.63, 3.8) is 0 Å². The van der Waals surface area contributed by atoms with E-state index in [9.17, 15) is 4.79 Å². The fourth-order valence-electron chi connectivity index (χ4n) is 5.61. The van der Waals surface area contributed by atoms with E-state index in [4.69, 9.17) is 14.7 Å². The average Bonchev–Trinajstić information content (AvgIpc) is 3.64. The van der Waals surface area contributed by atoms with Crippen LogP contribution in [0.2, 0.25) is 0 Å². The maximum absolute atomic E-state index is 13.5. The minimum atomic E-state index is -0.574. The zero-order chi connectivity index (χ0) is 27.2. The number of hydrogen-bond acceptors (Lipinski definition) is 7. The Kier molecular flexibility index (Phi) is 6.35. The van der Waals surface area contributed by atoms with Crippen LogP contribution in [0.5, 0.6) is 0 Å². The molecule has 3 aromatic heterocycles. The molecule has 1 fully saturated rings. The highest BCUT2D eigenvalue weighted by molar-refractivity contribution is 5.77. The van der Waals surface area contributed by atoms with Gasteiger partial charge in [-0.3, -0.25) is 4.79 Å². The highest BCUT2D eigenvalue weighted by atomic mass is 16.5. The van der Waals surface area contributed by atoms with Gasteiger partial charge in [-0.15, -0.1) is 0 Å². The fourth-order valence-corrected chi connectivity index (χ4v) is 5.61. The van der Waals surface area contributed by atoms with E-state index in [1.807, 2.05) is 51.2 Å². The second-order valence-corrected chi connectivity index (χ2v) is 11.1. The van der Waals surface area contributed by atoms with Gasteiger partial charge in [0.25, 0.3) is 5.56 Å². The van der Waals surface area contributed by atoms with Crippen molar-refractivity contribution in [3.05, 3.63) is 81.9 Å². The molecule has 1 aliphatic carbocycles. The van der Waals surface area contributed by atoms with E-state index in [1.165, 1.54) is 24.0 Å². The number of likely N-dealkylation sites (N-methyl/N-ethyl adjacent to an activating group) is 1. The molecule has 2 N–H and O–H groups in total. The predicted molar refractivity (Wildman–Crippen MR) is 153 cm³/mol. The third-order valence-corrected chi connectivity index (χ3v) is 7.86. The van der Waals surface area contributed by atoms with Gasteiger partial charge < -0.3 is 15.4 Å². The highest BCUT2D eigenvalue weighted by Crippen LogP contribution is 2.49. The molecule has 4 heterocycles. The molecule has 0 spiro atoms. The molecule has 2 bridgehead atoms. The van der Waals surface area contributed by atoms with Crippen LogP contribution < -0.4 is 16.2 Å². The van der Waals surface area contributed by atoms with Crippen LogP contribution in [0.3, 0.4) is 0 Å². The maximum atomic E-state index is 13.5. The number of nitrogens with zero attached hydrogens (tertiary/aromatic N) is 5. The van der Waals surface area contributed by atoms with Gasteiger partial charge in [-0.2, -0.15) is 4.98 Å². The van der Waals surface area contributed by atoms with Gasteiger partial charge in [-0.25, -0.2) is 19.3 Å². The predicted octanol–water partition coefficient (Wildman–Crippen LogP) is 4.49. The summed E-state index contributed by atoms with van der Waals surface area (Å²) in [5, 5.41) is 7.14. The first-order valence-electron chi connectivity index (χ1n) is 13.6. The second kappa shape index (κ2) is 9.73. The largest absolute Gasteiger partial charge is 0.369 e. The Hall–Kier alpha value is -3.82. The summed E-state index contributed by atoms with van der Waals surface area (Å²) in [7, 11) is 2.01. The molecule has 2 aliphatic rings. The lowest BCUT2D eigenvalue weighted by molar-refractivity contribution is -0.0224. The molecular weight excluding hydrogens is 490 g/mol. The summed E-state index contributed by atoms with van der Waals surface area (Å²) in [5.41, 5.74) is 4.37. The minimum Gasteiger partial charge on any atom is -0.369 e. The third-order valence-electron chi connectivity index (χ3n) is 7.86. The first kappa shape index (κ1) is 25.5. The molecule has 1 aliphatic heterocycles. The van der Waals surface area contributed by atoms with Gasteiger partial charge in [0.2, 0.25) is 5.95 Å². The molecule has 1 aromatic carbocycles. The second-order valence-electron chi connectivity index (χ2n) is 11.1. The molecule has 9 heteroatoms. The normalized spacial score (nSPS) is 18.6. The van der Waals surface area contributed by atoms with Gasteiger partial charge >= 0.3 is 0 Å². The Morgan fingerprint density at radius 2 is 1.95 bits per heavy atom. The lowest BCUT2D eigenvalue weighted by Crippen LogP contribution is -2.26. The minimum absolute atomic E-state index is 0.152. The number of pyridine rings is 1. The highest BCUT2D eigenvalue weighted by Gasteiger charge is 2.44. The number of aromatic nitrogens is 5. The van der Waals surface area contributed by atoms with Crippen molar-refractivity contribution in [2.75, 3.05) is 25.5 Å². The van der Waals surface area contributed by atoms with Crippen LogP contribution in [0, 0.1) is 6.92 Å². The van der Waals surface area contributed by atoms with E-state index in [0.29, 0.717) is 36.0 Å². The van der Waals surface area contributed by atoms with Crippen molar-refractivity contribution in [1.29, 1.82) is 0 Å². The van der Waals surface area contributed by atoms with Crippen molar-refractivity contribution < 1.29 is 4.74 Å². The Labute approximate surface area is 227 Å². The van der Waals surface area contributed by atoms with Crippen LogP contribution in [-0.4, -0.2) is 44.5 Å². The molecule has 39 heavy (non-hydrogen) atoms. The number of fused-ring (bicyclic) bond motifs is 6. The molecule has 0 amide bonds. The van der Waals surface area contributed by atoms with Crippen LogP contribution in [0.1, 0.15) is 49.9 Å². The number of benzene rings is 1. The fraction of sp³-hybridized carbons (Fsp3) is 0.400. The number of nitrogens with one attached hydrogen (secondary N) is 2. The smallest absolute Gasteiger partial charge is 0.278 e. The summed E-state index contributed by atoms with van der Waals surface area (Å²) in [4.78, 5) is 27.7. The first-order valence-corrected chi connectivity index (χ1v) is 13.6. The van der Waals surface area contributed by atoms with Gasteiger partial charge in [0, 0.05) is 23.8 Å².